The van der Waals surface area contributed by atoms with Crippen LogP contribution in [0.1, 0.15) is 58.8 Å². The second-order valence-corrected chi connectivity index (χ2v) is 11.8. The van der Waals surface area contributed by atoms with Crippen LogP contribution in [0.3, 0.4) is 0 Å². The van der Waals surface area contributed by atoms with Gasteiger partial charge in [-0.3, -0.25) is 4.98 Å². The van der Waals surface area contributed by atoms with E-state index >= 15 is 0 Å². The number of aromatic nitrogens is 3. The second kappa shape index (κ2) is 7.81. The molecule has 4 aliphatic rings. The van der Waals surface area contributed by atoms with Crippen molar-refractivity contribution < 1.29 is 4.74 Å². The third-order valence-corrected chi connectivity index (χ3v) is 10.2. The molecule has 3 aromatic rings. The van der Waals surface area contributed by atoms with Crippen LogP contribution in [0.5, 0.6) is 5.75 Å². The van der Waals surface area contributed by atoms with Gasteiger partial charge in [-0.2, -0.15) is 0 Å². The number of hydrogen-bond acceptors (Lipinski definition) is 3. The third-order valence-electron chi connectivity index (χ3n) is 10.2. The Labute approximate surface area is 208 Å². The number of para-hydroxylation sites is 2. The van der Waals surface area contributed by atoms with Crippen LogP contribution in [0.4, 0.5) is 0 Å². The Morgan fingerprint density at radius 2 is 1.83 bits per heavy atom. The quantitative estimate of drug-likeness (QED) is 0.381. The first kappa shape index (κ1) is 21.4. The number of allylic oxidation sites excluding steroid dienone is 3. The summed E-state index contributed by atoms with van der Waals surface area (Å²) in [5.74, 6) is 3.17. The molecule has 4 nitrogen and oxygen atoms in total. The van der Waals surface area contributed by atoms with E-state index in [0.717, 1.165) is 41.9 Å². The van der Waals surface area contributed by atoms with Crippen molar-refractivity contribution in [2.24, 2.45) is 28.6 Å². The van der Waals surface area contributed by atoms with E-state index < -0.39 is 0 Å². The lowest BCUT2D eigenvalue weighted by Crippen LogP contribution is -2.50. The van der Waals surface area contributed by atoms with Gasteiger partial charge in [0.2, 0.25) is 0 Å². The molecule has 0 amide bonds. The minimum atomic E-state index is 0.229. The standard InChI is InChI=1S/C31H35N3O/c1-30-15-13-22(35-23-6-5-17-32-19-23)18-21(30)9-10-24-25-11-12-29(31(25,2)16-14-26(24)30)34-20-33-27-7-3-4-8-28(27)34/h3-9,12,17,19-20,22,24-26H,10-11,13-16,18H2,1-2H3/t22-,24-,25-,26-,30-,31-/m0/s1. The van der Waals surface area contributed by atoms with E-state index in [-0.39, 0.29) is 11.5 Å². The minimum Gasteiger partial charge on any atom is -0.488 e. The molecule has 6 atom stereocenters. The third kappa shape index (κ3) is 3.18. The molecule has 4 aliphatic carbocycles. The van der Waals surface area contributed by atoms with E-state index in [2.05, 4.69) is 66.1 Å². The summed E-state index contributed by atoms with van der Waals surface area (Å²) < 4.78 is 8.73. The van der Waals surface area contributed by atoms with Gasteiger partial charge in [-0.15, -0.1) is 0 Å². The summed E-state index contributed by atoms with van der Waals surface area (Å²) >= 11 is 0. The molecule has 4 heteroatoms. The lowest BCUT2D eigenvalue weighted by molar-refractivity contribution is -0.0222. The molecule has 0 spiro atoms. The predicted octanol–water partition coefficient (Wildman–Crippen LogP) is 7.29. The molecule has 7 rings (SSSR count). The number of nitrogens with zero attached hydrogens (tertiary/aromatic N) is 3. The fourth-order valence-corrected chi connectivity index (χ4v) is 8.41. The number of fused-ring (bicyclic) bond motifs is 6. The smallest absolute Gasteiger partial charge is 0.138 e. The number of imidazole rings is 1. The molecule has 2 aromatic heterocycles. The molecule has 0 saturated heterocycles. The highest BCUT2D eigenvalue weighted by Gasteiger charge is 2.57. The van der Waals surface area contributed by atoms with Crippen LogP contribution >= 0.6 is 0 Å². The maximum absolute atomic E-state index is 6.34. The van der Waals surface area contributed by atoms with Crippen molar-refractivity contribution in [3.63, 3.8) is 0 Å². The van der Waals surface area contributed by atoms with Crippen LogP contribution in [0.15, 0.2) is 72.8 Å². The Balaban J connectivity index is 1.15. The Morgan fingerprint density at radius 1 is 0.943 bits per heavy atom. The van der Waals surface area contributed by atoms with E-state index in [1.54, 1.807) is 5.57 Å². The number of hydrogen-bond donors (Lipinski definition) is 0. The first-order valence-corrected chi connectivity index (χ1v) is 13.5. The Bertz CT molecular complexity index is 1320. The monoisotopic (exact) mass is 465 g/mol. The SMILES string of the molecule is C[C@]12CC[C@H](Oc3cccnc3)CC1=CC[C@@H]1[C@@H]2CC[C@]2(C)C(n3cnc4ccccc43)=CC[C@@H]12. The highest BCUT2D eigenvalue weighted by Crippen LogP contribution is 2.65. The van der Waals surface area contributed by atoms with Crippen molar-refractivity contribution in [1.29, 1.82) is 0 Å². The van der Waals surface area contributed by atoms with Crippen LogP contribution in [-0.4, -0.2) is 20.6 Å². The second-order valence-electron chi connectivity index (χ2n) is 11.8. The van der Waals surface area contributed by atoms with Gasteiger partial charge < -0.3 is 9.30 Å². The summed E-state index contributed by atoms with van der Waals surface area (Å²) in [4.78, 5) is 8.94. The van der Waals surface area contributed by atoms with Crippen LogP contribution in [0, 0.1) is 28.6 Å². The van der Waals surface area contributed by atoms with Gasteiger partial charge in [0.25, 0.3) is 0 Å². The molecule has 180 valence electrons. The molecule has 1 aromatic carbocycles. The molecule has 0 aliphatic heterocycles. The zero-order valence-electron chi connectivity index (χ0n) is 20.9. The summed E-state index contributed by atoms with van der Waals surface area (Å²) in [6.07, 6.45) is 19.6. The highest BCUT2D eigenvalue weighted by molar-refractivity contribution is 5.80. The molecule has 2 saturated carbocycles. The van der Waals surface area contributed by atoms with Crippen molar-refractivity contribution in [2.45, 2.75) is 64.9 Å². The summed E-state index contributed by atoms with van der Waals surface area (Å²) in [6.45, 7) is 5.12. The van der Waals surface area contributed by atoms with Gasteiger partial charge in [-0.05, 0) is 86.0 Å². The minimum absolute atomic E-state index is 0.229. The zero-order valence-corrected chi connectivity index (χ0v) is 20.9. The Morgan fingerprint density at radius 3 is 2.71 bits per heavy atom. The van der Waals surface area contributed by atoms with Crippen molar-refractivity contribution >= 4 is 16.7 Å². The van der Waals surface area contributed by atoms with Crippen molar-refractivity contribution in [1.82, 2.24) is 14.5 Å². The fraction of sp³-hybridized carbons (Fsp3) is 0.484. The number of benzene rings is 1. The molecule has 0 unspecified atom stereocenters. The Kier molecular flexibility index (Phi) is 4.78. The van der Waals surface area contributed by atoms with Gasteiger partial charge in [0.15, 0.2) is 0 Å². The maximum atomic E-state index is 6.34. The maximum Gasteiger partial charge on any atom is 0.138 e. The average molecular weight is 466 g/mol. The van der Waals surface area contributed by atoms with Gasteiger partial charge in [-0.1, -0.05) is 43.7 Å². The normalized spacial score (nSPS) is 36.1. The van der Waals surface area contributed by atoms with E-state index in [0.29, 0.717) is 5.41 Å². The van der Waals surface area contributed by atoms with Crippen LogP contribution in [0.25, 0.3) is 16.7 Å². The van der Waals surface area contributed by atoms with Crippen LogP contribution in [0.2, 0.25) is 0 Å². The van der Waals surface area contributed by atoms with E-state index in [1.807, 2.05) is 24.5 Å². The Hall–Kier alpha value is -2.88. The van der Waals surface area contributed by atoms with E-state index in [4.69, 9.17) is 9.72 Å². The molecule has 0 radical (unpaired) electrons. The van der Waals surface area contributed by atoms with E-state index in [1.165, 1.54) is 43.3 Å². The van der Waals surface area contributed by atoms with Crippen molar-refractivity contribution in [2.75, 3.05) is 0 Å². The van der Waals surface area contributed by atoms with Gasteiger partial charge >= 0.3 is 0 Å². The summed E-state index contributed by atoms with van der Waals surface area (Å²) in [5, 5.41) is 0. The van der Waals surface area contributed by atoms with Crippen molar-refractivity contribution in [3.05, 3.63) is 72.8 Å². The summed E-state index contributed by atoms with van der Waals surface area (Å²) in [5.41, 5.74) is 6.04. The highest BCUT2D eigenvalue weighted by atomic mass is 16.5. The van der Waals surface area contributed by atoms with Gasteiger partial charge in [0.1, 0.15) is 18.2 Å². The molecule has 2 heterocycles. The molecule has 0 bridgehead atoms. The lowest BCUT2D eigenvalue weighted by atomic mass is 9.47. The first-order valence-electron chi connectivity index (χ1n) is 13.5. The predicted molar refractivity (Wildman–Crippen MR) is 140 cm³/mol. The topological polar surface area (TPSA) is 39.9 Å². The molecular weight excluding hydrogens is 430 g/mol. The first-order chi connectivity index (χ1) is 17.1. The largest absolute Gasteiger partial charge is 0.488 e. The van der Waals surface area contributed by atoms with Gasteiger partial charge in [0, 0.05) is 23.7 Å². The van der Waals surface area contributed by atoms with Crippen LogP contribution < -0.4 is 4.74 Å². The van der Waals surface area contributed by atoms with Gasteiger partial charge in [-0.25, -0.2) is 4.98 Å². The molecule has 0 N–H and O–H groups in total. The average Bonchev–Trinajstić information content (AvgIpc) is 3.45. The lowest BCUT2D eigenvalue weighted by Gasteiger charge is -2.57. The molecule has 35 heavy (non-hydrogen) atoms. The number of ether oxygens (including phenoxy) is 1. The molecular formula is C31H35N3O. The summed E-state index contributed by atoms with van der Waals surface area (Å²) in [6, 6.07) is 12.6. The number of rotatable bonds is 3. The summed E-state index contributed by atoms with van der Waals surface area (Å²) in [7, 11) is 0. The number of pyridine rings is 1. The van der Waals surface area contributed by atoms with E-state index in [9.17, 15) is 0 Å². The molecule has 2 fully saturated rings. The fourth-order valence-electron chi connectivity index (χ4n) is 8.41. The zero-order chi connectivity index (χ0) is 23.6. The van der Waals surface area contributed by atoms with Gasteiger partial charge in [0.05, 0.1) is 17.2 Å². The van der Waals surface area contributed by atoms with Crippen LogP contribution in [-0.2, 0) is 0 Å². The van der Waals surface area contributed by atoms with Crippen molar-refractivity contribution in [3.8, 4) is 5.75 Å².